The number of ketones is 1. The highest BCUT2D eigenvalue weighted by Crippen LogP contribution is 2.43. The fourth-order valence-electron chi connectivity index (χ4n) is 1.24. The first kappa shape index (κ1) is 16.0. The molecule has 0 unspecified atom stereocenters. The Morgan fingerprint density at radius 1 is 1.29 bits per heavy atom. The predicted octanol–water partition coefficient (Wildman–Crippen LogP) is 3.72. The van der Waals surface area contributed by atoms with Crippen molar-refractivity contribution in [2.24, 2.45) is 11.3 Å². The first-order chi connectivity index (χ1) is 7.52. The second-order valence-electron chi connectivity index (χ2n) is 4.90. The lowest BCUT2D eigenvalue weighted by molar-refractivity contribution is -0.208. The highest BCUT2D eigenvalue weighted by molar-refractivity contribution is 5.90. The fraction of sp³-hybridized carbons (Fsp3) is 0.750. The molecule has 0 radical (unpaired) electrons. The maximum absolute atomic E-state index is 12.8. The lowest BCUT2D eigenvalue weighted by atomic mass is 9.88. The van der Waals surface area contributed by atoms with Crippen LogP contribution in [0.15, 0.2) is 11.8 Å². The van der Waals surface area contributed by atoms with Gasteiger partial charge in [-0.05, 0) is 19.8 Å². The molecule has 2 nitrogen and oxygen atoms in total. The Morgan fingerprint density at radius 2 is 1.76 bits per heavy atom. The molecule has 0 aliphatic rings. The van der Waals surface area contributed by atoms with Gasteiger partial charge >= 0.3 is 6.18 Å². The van der Waals surface area contributed by atoms with Gasteiger partial charge < -0.3 is 4.74 Å². The molecular weight excluding hydrogens is 233 g/mol. The van der Waals surface area contributed by atoms with Crippen molar-refractivity contribution in [2.75, 3.05) is 7.11 Å². The summed E-state index contributed by atoms with van der Waals surface area (Å²) in [6.45, 7) is 5.64. The molecule has 5 heteroatoms. The Labute approximate surface area is 99.8 Å². The summed E-state index contributed by atoms with van der Waals surface area (Å²) >= 11 is 0. The van der Waals surface area contributed by atoms with Crippen LogP contribution in [-0.4, -0.2) is 19.1 Å². The van der Waals surface area contributed by atoms with E-state index in [4.69, 9.17) is 4.74 Å². The molecule has 0 amide bonds. The average molecular weight is 252 g/mol. The van der Waals surface area contributed by atoms with Crippen molar-refractivity contribution < 1.29 is 22.7 Å². The van der Waals surface area contributed by atoms with Crippen LogP contribution in [0.5, 0.6) is 0 Å². The van der Waals surface area contributed by atoms with Crippen LogP contribution in [0.25, 0.3) is 0 Å². The van der Waals surface area contributed by atoms with E-state index in [0.717, 1.165) is 27.0 Å². The minimum absolute atomic E-state index is 0.103. The second kappa shape index (κ2) is 5.56. The van der Waals surface area contributed by atoms with Crippen LogP contribution in [0.4, 0.5) is 13.2 Å². The summed E-state index contributed by atoms with van der Waals surface area (Å²) in [6, 6.07) is 0. The van der Waals surface area contributed by atoms with E-state index in [1.807, 2.05) is 13.8 Å². The van der Waals surface area contributed by atoms with Gasteiger partial charge in [-0.3, -0.25) is 4.79 Å². The number of ether oxygens (including phenoxy) is 1. The highest BCUT2D eigenvalue weighted by Gasteiger charge is 2.51. The highest BCUT2D eigenvalue weighted by atomic mass is 19.4. The fourth-order valence-corrected chi connectivity index (χ4v) is 1.24. The van der Waals surface area contributed by atoms with Crippen molar-refractivity contribution >= 4 is 5.78 Å². The van der Waals surface area contributed by atoms with Gasteiger partial charge in [0.15, 0.2) is 5.78 Å². The van der Waals surface area contributed by atoms with E-state index < -0.39 is 11.6 Å². The average Bonchev–Trinajstić information content (AvgIpc) is 2.10. The number of hydrogen-bond acceptors (Lipinski definition) is 2. The Balaban J connectivity index is 5.08. The van der Waals surface area contributed by atoms with Gasteiger partial charge in [0.2, 0.25) is 0 Å². The minimum Gasteiger partial charge on any atom is -0.500 e. The molecule has 0 fully saturated rings. The third-order valence-electron chi connectivity index (χ3n) is 2.45. The molecule has 0 saturated carbocycles. The number of hydrogen-bond donors (Lipinski definition) is 0. The molecule has 0 bridgehead atoms. The second-order valence-corrected chi connectivity index (χ2v) is 4.90. The smallest absolute Gasteiger partial charge is 0.400 e. The van der Waals surface area contributed by atoms with Gasteiger partial charge in [-0.2, -0.15) is 13.2 Å². The molecule has 0 aromatic carbocycles. The summed E-state index contributed by atoms with van der Waals surface area (Å²) in [5, 5.41) is 0. The van der Waals surface area contributed by atoms with E-state index in [0.29, 0.717) is 0 Å². The summed E-state index contributed by atoms with van der Waals surface area (Å²) in [5.74, 6) is -0.601. The van der Waals surface area contributed by atoms with Gasteiger partial charge in [0.1, 0.15) is 11.2 Å². The molecule has 0 rings (SSSR count). The maximum atomic E-state index is 12.8. The Kier molecular flexibility index (Phi) is 5.23. The molecule has 17 heavy (non-hydrogen) atoms. The number of carbonyl (C=O) groups is 1. The van der Waals surface area contributed by atoms with Crippen molar-refractivity contribution in [1.29, 1.82) is 0 Å². The normalized spacial score (nSPS) is 14.1. The third-order valence-corrected chi connectivity index (χ3v) is 2.45. The molecule has 0 atom stereocenters. The Hall–Kier alpha value is -1.00. The van der Waals surface area contributed by atoms with Crippen molar-refractivity contribution in [2.45, 2.75) is 40.3 Å². The summed E-state index contributed by atoms with van der Waals surface area (Å²) in [4.78, 5) is 11.5. The van der Waals surface area contributed by atoms with Crippen LogP contribution in [0.1, 0.15) is 34.1 Å². The van der Waals surface area contributed by atoms with Crippen molar-refractivity contribution in [3.63, 3.8) is 0 Å². The van der Waals surface area contributed by atoms with Crippen molar-refractivity contribution in [3.8, 4) is 0 Å². The molecular formula is C12H19F3O2. The van der Waals surface area contributed by atoms with E-state index in [2.05, 4.69) is 0 Å². The number of alkyl halides is 3. The van der Waals surface area contributed by atoms with Crippen molar-refractivity contribution in [3.05, 3.63) is 11.8 Å². The SMILES string of the molecule is CO/C(=C\C(=O)CC(C)C)C(C)(C)C(F)(F)F. The number of halogens is 3. The first-order valence-electron chi connectivity index (χ1n) is 5.38. The van der Waals surface area contributed by atoms with Gasteiger partial charge in [-0.1, -0.05) is 13.8 Å². The lowest BCUT2D eigenvalue weighted by Crippen LogP contribution is -2.35. The monoisotopic (exact) mass is 252 g/mol. The van der Waals surface area contributed by atoms with E-state index in [-0.39, 0.29) is 23.9 Å². The molecule has 0 aliphatic carbocycles. The van der Waals surface area contributed by atoms with Crippen LogP contribution in [-0.2, 0) is 9.53 Å². The zero-order chi connectivity index (χ0) is 13.9. The topological polar surface area (TPSA) is 26.3 Å². The van der Waals surface area contributed by atoms with Crippen LogP contribution >= 0.6 is 0 Å². The molecule has 0 spiro atoms. The minimum atomic E-state index is -4.45. The summed E-state index contributed by atoms with van der Waals surface area (Å²) in [6.07, 6.45) is -3.29. The molecule has 100 valence electrons. The van der Waals surface area contributed by atoms with Gasteiger partial charge in [-0.15, -0.1) is 0 Å². The van der Waals surface area contributed by atoms with E-state index in [1.54, 1.807) is 0 Å². The van der Waals surface area contributed by atoms with Gasteiger partial charge in [0.25, 0.3) is 0 Å². The van der Waals surface area contributed by atoms with Crippen LogP contribution in [0, 0.1) is 11.3 Å². The summed E-state index contributed by atoms with van der Waals surface area (Å²) in [7, 11) is 1.14. The quantitative estimate of drug-likeness (QED) is 0.550. The van der Waals surface area contributed by atoms with Crippen LogP contribution in [0.2, 0.25) is 0 Å². The van der Waals surface area contributed by atoms with Crippen LogP contribution in [0.3, 0.4) is 0 Å². The van der Waals surface area contributed by atoms with Gasteiger partial charge in [0.05, 0.1) is 7.11 Å². The van der Waals surface area contributed by atoms with Gasteiger partial charge in [-0.25, -0.2) is 0 Å². The molecule has 0 heterocycles. The maximum Gasteiger partial charge on any atom is 0.400 e. The standard InChI is InChI=1S/C12H19F3O2/c1-8(2)6-9(16)7-10(17-5)11(3,4)12(13,14)15/h7-8H,6H2,1-5H3/b10-7-. The molecule has 0 aromatic rings. The zero-order valence-electron chi connectivity index (χ0n) is 10.8. The van der Waals surface area contributed by atoms with Crippen molar-refractivity contribution in [1.82, 2.24) is 0 Å². The zero-order valence-corrected chi connectivity index (χ0v) is 10.8. The first-order valence-corrected chi connectivity index (χ1v) is 5.38. The van der Waals surface area contributed by atoms with E-state index in [1.165, 1.54) is 0 Å². The van der Waals surface area contributed by atoms with Gasteiger partial charge in [0, 0.05) is 12.5 Å². The number of rotatable bonds is 5. The molecule has 0 N–H and O–H groups in total. The molecule has 0 aliphatic heterocycles. The third kappa shape index (κ3) is 4.40. The summed E-state index contributed by atoms with van der Waals surface area (Å²) in [5.41, 5.74) is -2.16. The Bertz CT molecular complexity index is 301. The number of methoxy groups -OCH3 is 1. The molecule has 0 saturated heterocycles. The number of carbonyl (C=O) groups excluding carboxylic acids is 1. The van der Waals surface area contributed by atoms with E-state index in [9.17, 15) is 18.0 Å². The summed E-state index contributed by atoms with van der Waals surface area (Å²) < 4.78 is 43.0. The number of allylic oxidation sites excluding steroid dienone is 2. The molecule has 0 aromatic heterocycles. The largest absolute Gasteiger partial charge is 0.500 e. The Morgan fingerprint density at radius 3 is 2.06 bits per heavy atom. The van der Waals surface area contributed by atoms with E-state index >= 15 is 0 Å². The van der Waals surface area contributed by atoms with Crippen LogP contribution < -0.4 is 0 Å². The predicted molar refractivity (Wildman–Crippen MR) is 59.4 cm³/mol. The lowest BCUT2D eigenvalue weighted by Gasteiger charge is -2.29.